The second kappa shape index (κ2) is 6.72. The molecule has 0 atom stereocenters. The minimum absolute atomic E-state index is 0.387. The highest BCUT2D eigenvalue weighted by molar-refractivity contribution is 5.72. The molecule has 1 aromatic heterocycles. The van der Waals surface area contributed by atoms with Crippen LogP contribution in [0.2, 0.25) is 0 Å². The van der Waals surface area contributed by atoms with Crippen molar-refractivity contribution < 1.29 is 14.3 Å². The van der Waals surface area contributed by atoms with Crippen LogP contribution in [0.5, 0.6) is 0 Å². The molecule has 0 aromatic carbocycles. The van der Waals surface area contributed by atoms with Crippen LogP contribution in [-0.2, 0) is 4.74 Å². The van der Waals surface area contributed by atoms with Crippen LogP contribution in [0.3, 0.4) is 0 Å². The predicted octanol–water partition coefficient (Wildman–Crippen LogP) is 1.83. The van der Waals surface area contributed by atoms with Crippen molar-refractivity contribution in [2.75, 3.05) is 18.4 Å². The van der Waals surface area contributed by atoms with Crippen LogP contribution >= 0.6 is 0 Å². The molecule has 1 rings (SSSR count). The van der Waals surface area contributed by atoms with Gasteiger partial charge in [-0.15, -0.1) is 0 Å². The van der Waals surface area contributed by atoms with E-state index in [1.54, 1.807) is 18.3 Å². The average Bonchev–Trinajstić information content (AvgIpc) is 2.33. The summed E-state index contributed by atoms with van der Waals surface area (Å²) >= 11 is 0. The number of pyridine rings is 1. The largest absolute Gasteiger partial charge is 0.444 e. The molecule has 6 heteroatoms. The number of carbonyl (C=O) groups excluding carboxylic acids is 2. The van der Waals surface area contributed by atoms with Gasteiger partial charge in [-0.3, -0.25) is 9.78 Å². The van der Waals surface area contributed by atoms with Gasteiger partial charge in [0, 0.05) is 13.1 Å². The summed E-state index contributed by atoms with van der Waals surface area (Å²) in [6, 6.07) is 3.38. The molecule has 104 valence electrons. The maximum atomic E-state index is 11.3. The van der Waals surface area contributed by atoms with Crippen molar-refractivity contribution in [1.29, 1.82) is 0 Å². The van der Waals surface area contributed by atoms with Gasteiger partial charge >= 0.3 is 6.09 Å². The number of carbonyl (C=O) groups is 2. The molecule has 0 fully saturated rings. The summed E-state index contributed by atoms with van der Waals surface area (Å²) in [5.41, 5.74) is 0.681. The standard InChI is InChI=1S/C13H19N3O3/c1-13(2,3)19-12(18)15-7-6-14-10-4-5-11(9-17)16-8-10/h4-5,8-9,14H,6-7H2,1-3H3,(H,15,18). The van der Waals surface area contributed by atoms with E-state index in [0.29, 0.717) is 25.1 Å². The maximum absolute atomic E-state index is 11.3. The topological polar surface area (TPSA) is 80.3 Å². The van der Waals surface area contributed by atoms with Crippen molar-refractivity contribution in [2.45, 2.75) is 26.4 Å². The molecule has 19 heavy (non-hydrogen) atoms. The molecule has 0 aliphatic rings. The first kappa shape index (κ1) is 14.9. The van der Waals surface area contributed by atoms with E-state index in [2.05, 4.69) is 15.6 Å². The van der Waals surface area contributed by atoms with Gasteiger partial charge in [-0.1, -0.05) is 0 Å². The van der Waals surface area contributed by atoms with Gasteiger partial charge in [0.1, 0.15) is 11.3 Å². The van der Waals surface area contributed by atoms with E-state index < -0.39 is 11.7 Å². The first-order valence-corrected chi connectivity index (χ1v) is 6.03. The summed E-state index contributed by atoms with van der Waals surface area (Å²) in [6.07, 6.45) is 1.81. The fourth-order valence-electron chi connectivity index (χ4n) is 1.27. The number of nitrogens with zero attached hydrogens (tertiary/aromatic N) is 1. The predicted molar refractivity (Wildman–Crippen MR) is 72.4 cm³/mol. The van der Waals surface area contributed by atoms with Gasteiger partial charge in [-0.25, -0.2) is 4.79 Å². The molecule has 0 spiro atoms. The Kier molecular flexibility index (Phi) is 5.29. The van der Waals surface area contributed by atoms with E-state index in [-0.39, 0.29) is 0 Å². The summed E-state index contributed by atoms with van der Waals surface area (Å²) in [6.45, 7) is 6.41. The smallest absolute Gasteiger partial charge is 0.407 e. The molecule has 0 saturated heterocycles. The first-order chi connectivity index (χ1) is 8.90. The highest BCUT2D eigenvalue weighted by Gasteiger charge is 2.15. The van der Waals surface area contributed by atoms with Crippen molar-refractivity contribution in [3.8, 4) is 0 Å². The Morgan fingerprint density at radius 3 is 2.63 bits per heavy atom. The number of ether oxygens (including phenoxy) is 1. The van der Waals surface area contributed by atoms with Crippen molar-refractivity contribution in [3.05, 3.63) is 24.0 Å². The highest BCUT2D eigenvalue weighted by atomic mass is 16.6. The number of amides is 1. The van der Waals surface area contributed by atoms with Crippen LogP contribution in [0.4, 0.5) is 10.5 Å². The van der Waals surface area contributed by atoms with E-state index >= 15 is 0 Å². The van der Waals surface area contributed by atoms with E-state index in [0.717, 1.165) is 5.69 Å². The Morgan fingerprint density at radius 1 is 1.37 bits per heavy atom. The molecule has 2 N–H and O–H groups in total. The Balaban J connectivity index is 2.23. The number of aromatic nitrogens is 1. The van der Waals surface area contributed by atoms with E-state index in [1.807, 2.05) is 20.8 Å². The van der Waals surface area contributed by atoms with Crippen molar-refractivity contribution in [1.82, 2.24) is 10.3 Å². The number of hydrogen-bond acceptors (Lipinski definition) is 5. The van der Waals surface area contributed by atoms with E-state index in [1.165, 1.54) is 0 Å². The number of aldehydes is 1. The molecule has 0 radical (unpaired) electrons. The van der Waals surface area contributed by atoms with Gasteiger partial charge in [0.05, 0.1) is 11.9 Å². The van der Waals surface area contributed by atoms with Crippen molar-refractivity contribution in [2.24, 2.45) is 0 Å². The monoisotopic (exact) mass is 265 g/mol. The Hall–Kier alpha value is -2.11. The highest BCUT2D eigenvalue weighted by Crippen LogP contribution is 2.06. The second-order valence-electron chi connectivity index (χ2n) is 4.95. The van der Waals surface area contributed by atoms with Crippen LogP contribution < -0.4 is 10.6 Å². The van der Waals surface area contributed by atoms with Crippen molar-refractivity contribution in [3.63, 3.8) is 0 Å². The summed E-state index contributed by atoms with van der Waals surface area (Å²) in [7, 11) is 0. The molecular weight excluding hydrogens is 246 g/mol. The lowest BCUT2D eigenvalue weighted by atomic mass is 10.2. The van der Waals surface area contributed by atoms with Crippen LogP contribution in [0.1, 0.15) is 31.3 Å². The quantitative estimate of drug-likeness (QED) is 0.627. The van der Waals surface area contributed by atoms with Gasteiger partial charge in [-0.05, 0) is 32.9 Å². The molecule has 0 saturated carbocycles. The second-order valence-corrected chi connectivity index (χ2v) is 4.95. The maximum Gasteiger partial charge on any atom is 0.407 e. The third-order valence-corrected chi connectivity index (χ3v) is 2.03. The van der Waals surface area contributed by atoms with Gasteiger partial charge < -0.3 is 15.4 Å². The Morgan fingerprint density at radius 2 is 2.11 bits per heavy atom. The number of anilines is 1. The van der Waals surface area contributed by atoms with Crippen LogP contribution in [-0.4, -0.2) is 36.1 Å². The summed E-state index contributed by atoms with van der Waals surface area (Å²) in [4.78, 5) is 25.7. The zero-order valence-corrected chi connectivity index (χ0v) is 11.4. The Bertz CT molecular complexity index is 424. The molecule has 0 aliphatic carbocycles. The van der Waals surface area contributed by atoms with Crippen LogP contribution in [0.25, 0.3) is 0 Å². The summed E-state index contributed by atoms with van der Waals surface area (Å²) < 4.78 is 5.09. The van der Waals surface area contributed by atoms with E-state index in [9.17, 15) is 9.59 Å². The molecule has 1 amide bonds. The van der Waals surface area contributed by atoms with Gasteiger partial charge in [0.15, 0.2) is 6.29 Å². The minimum atomic E-state index is -0.494. The zero-order valence-electron chi connectivity index (χ0n) is 11.4. The molecule has 1 heterocycles. The number of rotatable bonds is 5. The molecule has 0 aliphatic heterocycles. The zero-order chi connectivity index (χ0) is 14.3. The fourth-order valence-corrected chi connectivity index (χ4v) is 1.27. The van der Waals surface area contributed by atoms with Crippen LogP contribution in [0, 0.1) is 0 Å². The SMILES string of the molecule is CC(C)(C)OC(=O)NCCNc1ccc(C=O)nc1. The van der Waals surface area contributed by atoms with Crippen LogP contribution in [0.15, 0.2) is 18.3 Å². The van der Waals surface area contributed by atoms with Gasteiger partial charge in [0.2, 0.25) is 0 Å². The van der Waals surface area contributed by atoms with E-state index in [4.69, 9.17) is 4.74 Å². The first-order valence-electron chi connectivity index (χ1n) is 6.03. The normalized spacial score (nSPS) is 10.7. The minimum Gasteiger partial charge on any atom is -0.444 e. The number of nitrogens with one attached hydrogen (secondary N) is 2. The number of alkyl carbamates (subject to hydrolysis) is 1. The Labute approximate surface area is 112 Å². The third kappa shape index (κ3) is 6.40. The number of hydrogen-bond donors (Lipinski definition) is 2. The summed E-state index contributed by atoms with van der Waals surface area (Å²) in [5.74, 6) is 0. The lowest BCUT2D eigenvalue weighted by molar-refractivity contribution is 0.0530. The lowest BCUT2D eigenvalue weighted by Gasteiger charge is -2.19. The summed E-state index contributed by atoms with van der Waals surface area (Å²) in [5, 5.41) is 5.70. The molecule has 0 bridgehead atoms. The fraction of sp³-hybridized carbons (Fsp3) is 0.462. The molecule has 0 unspecified atom stereocenters. The molecule has 6 nitrogen and oxygen atoms in total. The molecule has 1 aromatic rings. The van der Waals surface area contributed by atoms with Gasteiger partial charge in [0.25, 0.3) is 0 Å². The third-order valence-electron chi connectivity index (χ3n) is 2.03. The molecular formula is C13H19N3O3. The van der Waals surface area contributed by atoms with Gasteiger partial charge in [-0.2, -0.15) is 0 Å². The lowest BCUT2D eigenvalue weighted by Crippen LogP contribution is -2.35. The average molecular weight is 265 g/mol. The van der Waals surface area contributed by atoms with Crippen molar-refractivity contribution >= 4 is 18.1 Å².